The van der Waals surface area contributed by atoms with Gasteiger partial charge in [-0.25, -0.2) is 4.79 Å². The van der Waals surface area contributed by atoms with Gasteiger partial charge in [-0.15, -0.1) is 0 Å². The Morgan fingerprint density at radius 2 is 2.05 bits per heavy atom. The van der Waals surface area contributed by atoms with E-state index in [0.29, 0.717) is 13.2 Å². The molecule has 0 aromatic heterocycles. The molecule has 0 bridgehead atoms. The third-order valence-corrected chi connectivity index (χ3v) is 3.12. The Kier molecular flexibility index (Phi) is 6.42. The van der Waals surface area contributed by atoms with Gasteiger partial charge in [0.1, 0.15) is 11.6 Å². The van der Waals surface area contributed by atoms with E-state index >= 15 is 0 Å². The number of nitrogens with two attached hydrogens (primary N) is 1. The van der Waals surface area contributed by atoms with E-state index in [1.54, 1.807) is 4.90 Å². The zero-order valence-corrected chi connectivity index (χ0v) is 13.3. The monoisotopic (exact) mass is 302 g/mol. The Labute approximate surface area is 125 Å². The summed E-state index contributed by atoms with van der Waals surface area (Å²) < 4.78 is 15.3. The zero-order chi connectivity index (χ0) is 16.0. The van der Waals surface area contributed by atoms with Crippen LogP contribution in [0.5, 0.6) is 0 Å². The molecule has 2 atom stereocenters. The first kappa shape index (κ1) is 17.7. The number of amides is 1. The summed E-state index contributed by atoms with van der Waals surface area (Å²) >= 11 is 0. The maximum atomic E-state index is 12.1. The van der Waals surface area contributed by atoms with Crippen molar-refractivity contribution in [2.24, 2.45) is 5.73 Å². The fourth-order valence-electron chi connectivity index (χ4n) is 2.12. The smallest absolute Gasteiger partial charge is 0.410 e. The molecule has 122 valence electrons. The maximum Gasteiger partial charge on any atom is 0.410 e. The van der Waals surface area contributed by atoms with Gasteiger partial charge in [-0.05, 0) is 33.6 Å². The van der Waals surface area contributed by atoms with E-state index in [-0.39, 0.29) is 18.7 Å². The quantitative estimate of drug-likeness (QED) is 0.759. The number of nitrogens with zero attached hydrogens (tertiary/aromatic N) is 1. The van der Waals surface area contributed by atoms with Gasteiger partial charge in [0.15, 0.2) is 0 Å². The first-order valence-electron chi connectivity index (χ1n) is 7.15. The normalized spacial score (nSPS) is 20.2. The molecule has 1 aliphatic heterocycles. The van der Waals surface area contributed by atoms with Crippen LogP contribution in [0.3, 0.4) is 0 Å². The molecule has 0 saturated carbocycles. The van der Waals surface area contributed by atoms with E-state index in [4.69, 9.17) is 15.2 Å². The third kappa shape index (κ3) is 5.89. The minimum atomic E-state index is -0.800. The van der Waals surface area contributed by atoms with E-state index < -0.39 is 17.6 Å². The first-order chi connectivity index (χ1) is 9.74. The van der Waals surface area contributed by atoms with Crippen molar-refractivity contribution < 1.29 is 23.8 Å². The summed E-state index contributed by atoms with van der Waals surface area (Å²) in [5, 5.41) is 0. The van der Waals surface area contributed by atoms with Gasteiger partial charge in [0.2, 0.25) is 0 Å². The minimum Gasteiger partial charge on any atom is -0.468 e. The summed E-state index contributed by atoms with van der Waals surface area (Å²) in [6.07, 6.45) is 1.44. The van der Waals surface area contributed by atoms with Gasteiger partial charge < -0.3 is 24.8 Å². The molecule has 7 nitrogen and oxygen atoms in total. The Balaban J connectivity index is 2.40. The number of hydrogen-bond acceptors (Lipinski definition) is 6. The predicted octanol–water partition coefficient (Wildman–Crippen LogP) is 0.903. The van der Waals surface area contributed by atoms with Crippen LogP contribution in [0.1, 0.15) is 33.6 Å². The van der Waals surface area contributed by atoms with Crippen LogP contribution < -0.4 is 5.73 Å². The molecular weight excluding hydrogens is 276 g/mol. The molecule has 0 unspecified atom stereocenters. The third-order valence-electron chi connectivity index (χ3n) is 3.12. The molecule has 0 spiro atoms. The van der Waals surface area contributed by atoms with Crippen LogP contribution in [0, 0.1) is 0 Å². The van der Waals surface area contributed by atoms with Crippen molar-refractivity contribution in [3.05, 3.63) is 0 Å². The maximum absolute atomic E-state index is 12.1. The second-order valence-electron chi connectivity index (χ2n) is 6.14. The number of esters is 1. The van der Waals surface area contributed by atoms with Crippen LogP contribution in [0.4, 0.5) is 4.79 Å². The van der Waals surface area contributed by atoms with Crippen molar-refractivity contribution in [2.45, 2.75) is 51.3 Å². The van der Waals surface area contributed by atoms with E-state index in [1.165, 1.54) is 7.11 Å². The number of hydrogen-bond donors (Lipinski definition) is 1. The van der Waals surface area contributed by atoms with Crippen molar-refractivity contribution >= 4 is 12.1 Å². The highest BCUT2D eigenvalue weighted by Crippen LogP contribution is 2.21. The standard InChI is InChI=1S/C14H26N2O5/c1-14(2,3)21-13(18)16-7-5-6-10(16)8-20-9-11(15)12(17)19-4/h10-11H,5-9,15H2,1-4H3/t10-,11+/m1/s1. The van der Waals surface area contributed by atoms with E-state index in [0.717, 1.165) is 12.8 Å². The molecule has 0 aromatic carbocycles. The van der Waals surface area contributed by atoms with Crippen LogP contribution in [-0.2, 0) is 19.0 Å². The van der Waals surface area contributed by atoms with Gasteiger partial charge in [-0.1, -0.05) is 0 Å². The van der Waals surface area contributed by atoms with Crippen molar-refractivity contribution in [1.29, 1.82) is 0 Å². The van der Waals surface area contributed by atoms with Crippen LogP contribution >= 0.6 is 0 Å². The number of likely N-dealkylation sites (tertiary alicyclic amines) is 1. The van der Waals surface area contributed by atoms with Crippen molar-refractivity contribution in [3.8, 4) is 0 Å². The number of ether oxygens (including phenoxy) is 3. The molecule has 1 rings (SSSR count). The molecular formula is C14H26N2O5. The van der Waals surface area contributed by atoms with Gasteiger partial charge in [0.05, 0.1) is 26.4 Å². The molecule has 1 saturated heterocycles. The molecule has 2 N–H and O–H groups in total. The number of carbonyl (C=O) groups is 2. The molecule has 0 radical (unpaired) electrons. The molecule has 7 heteroatoms. The SMILES string of the molecule is COC(=O)[C@@H](N)COC[C@H]1CCCN1C(=O)OC(C)(C)C. The highest BCUT2D eigenvalue weighted by molar-refractivity contribution is 5.75. The van der Waals surface area contributed by atoms with Gasteiger partial charge in [0, 0.05) is 6.54 Å². The van der Waals surface area contributed by atoms with E-state index in [2.05, 4.69) is 4.74 Å². The largest absolute Gasteiger partial charge is 0.468 e. The Morgan fingerprint density at radius 3 is 2.62 bits per heavy atom. The molecule has 1 heterocycles. The van der Waals surface area contributed by atoms with Crippen LogP contribution in [0.15, 0.2) is 0 Å². The fraction of sp³-hybridized carbons (Fsp3) is 0.857. The molecule has 0 aliphatic carbocycles. The lowest BCUT2D eigenvalue weighted by atomic mass is 10.2. The second kappa shape index (κ2) is 7.61. The lowest BCUT2D eigenvalue weighted by Gasteiger charge is -2.28. The molecule has 1 amide bonds. The molecule has 0 aromatic rings. The van der Waals surface area contributed by atoms with Crippen LogP contribution in [0.2, 0.25) is 0 Å². The topological polar surface area (TPSA) is 91.1 Å². The lowest BCUT2D eigenvalue weighted by Crippen LogP contribution is -2.43. The zero-order valence-electron chi connectivity index (χ0n) is 13.3. The molecule has 1 fully saturated rings. The van der Waals surface area contributed by atoms with Crippen molar-refractivity contribution in [2.75, 3.05) is 26.9 Å². The molecule has 1 aliphatic rings. The summed E-state index contributed by atoms with van der Waals surface area (Å²) in [6, 6.07) is -0.837. The van der Waals surface area contributed by atoms with Crippen molar-refractivity contribution in [3.63, 3.8) is 0 Å². The fourth-order valence-corrected chi connectivity index (χ4v) is 2.12. The highest BCUT2D eigenvalue weighted by atomic mass is 16.6. The Morgan fingerprint density at radius 1 is 1.38 bits per heavy atom. The number of methoxy groups -OCH3 is 1. The second-order valence-corrected chi connectivity index (χ2v) is 6.14. The van der Waals surface area contributed by atoms with Gasteiger partial charge in [0.25, 0.3) is 0 Å². The highest BCUT2D eigenvalue weighted by Gasteiger charge is 2.32. The lowest BCUT2D eigenvalue weighted by molar-refractivity contribution is -0.143. The average Bonchev–Trinajstić information content (AvgIpc) is 2.84. The van der Waals surface area contributed by atoms with E-state index in [9.17, 15) is 9.59 Å². The van der Waals surface area contributed by atoms with Gasteiger partial charge in [-0.2, -0.15) is 0 Å². The predicted molar refractivity (Wildman–Crippen MR) is 76.8 cm³/mol. The van der Waals surface area contributed by atoms with Gasteiger partial charge >= 0.3 is 12.1 Å². The van der Waals surface area contributed by atoms with Crippen molar-refractivity contribution in [1.82, 2.24) is 4.90 Å². The molecule has 21 heavy (non-hydrogen) atoms. The summed E-state index contributed by atoms with van der Waals surface area (Å²) in [5.41, 5.74) is 5.07. The summed E-state index contributed by atoms with van der Waals surface area (Å²) in [6.45, 7) is 6.58. The summed E-state index contributed by atoms with van der Waals surface area (Å²) in [7, 11) is 1.28. The van der Waals surface area contributed by atoms with Crippen LogP contribution in [-0.4, -0.2) is 61.5 Å². The number of rotatable bonds is 5. The summed E-state index contributed by atoms with van der Waals surface area (Å²) in [4.78, 5) is 24.9. The van der Waals surface area contributed by atoms with Gasteiger partial charge in [-0.3, -0.25) is 4.79 Å². The van der Waals surface area contributed by atoms with Crippen LogP contribution in [0.25, 0.3) is 0 Å². The Hall–Kier alpha value is -1.34. The minimum absolute atomic E-state index is 0.0373. The first-order valence-corrected chi connectivity index (χ1v) is 7.15. The average molecular weight is 302 g/mol. The summed E-state index contributed by atoms with van der Waals surface area (Å²) in [5.74, 6) is -0.509. The number of carbonyl (C=O) groups excluding carboxylic acids is 2. The Bertz CT molecular complexity index is 367. The van der Waals surface area contributed by atoms with E-state index in [1.807, 2.05) is 20.8 Å².